The van der Waals surface area contributed by atoms with E-state index in [0.29, 0.717) is 11.6 Å². The molecule has 0 saturated heterocycles. The summed E-state index contributed by atoms with van der Waals surface area (Å²) in [5.74, 6) is -0.0923. The molecule has 2 aromatic rings. The molecule has 0 atom stereocenters. The van der Waals surface area contributed by atoms with Crippen LogP contribution in [-0.4, -0.2) is 25.2 Å². The van der Waals surface area contributed by atoms with E-state index in [4.69, 9.17) is 9.15 Å². The standard InChI is InChI=1S/C14H15NO4/c1-9-4-6-10(7-5-9)13-15-11(8-17-2)12(19-13)14(16)18-3/h4-7H,8H2,1-3H3. The Balaban J connectivity index is 2.41. The molecule has 0 aliphatic carbocycles. The van der Waals surface area contributed by atoms with Crippen molar-refractivity contribution in [3.8, 4) is 11.5 Å². The molecule has 0 aliphatic rings. The van der Waals surface area contributed by atoms with Gasteiger partial charge in [-0.1, -0.05) is 17.7 Å². The maximum Gasteiger partial charge on any atom is 0.376 e. The van der Waals surface area contributed by atoms with Crippen molar-refractivity contribution in [2.75, 3.05) is 14.2 Å². The molecule has 0 radical (unpaired) electrons. The largest absolute Gasteiger partial charge is 0.463 e. The maximum atomic E-state index is 11.6. The number of rotatable bonds is 4. The van der Waals surface area contributed by atoms with Crippen LogP contribution in [0.3, 0.4) is 0 Å². The SMILES string of the molecule is COCc1nc(-c2ccc(C)cc2)oc1C(=O)OC. The smallest absolute Gasteiger partial charge is 0.376 e. The minimum absolute atomic E-state index is 0.0833. The van der Waals surface area contributed by atoms with Gasteiger partial charge in [-0.3, -0.25) is 0 Å². The number of benzene rings is 1. The summed E-state index contributed by atoms with van der Waals surface area (Å²) in [5.41, 5.74) is 2.38. The third-order valence-corrected chi connectivity index (χ3v) is 2.65. The van der Waals surface area contributed by atoms with Crippen molar-refractivity contribution in [1.82, 2.24) is 4.98 Å². The minimum Gasteiger partial charge on any atom is -0.463 e. The van der Waals surface area contributed by atoms with E-state index >= 15 is 0 Å². The number of aromatic nitrogens is 1. The Kier molecular flexibility index (Phi) is 3.97. The molecule has 5 nitrogen and oxygen atoms in total. The van der Waals surface area contributed by atoms with Gasteiger partial charge in [-0.25, -0.2) is 9.78 Å². The fraction of sp³-hybridized carbons (Fsp3) is 0.286. The molecule has 0 spiro atoms. The van der Waals surface area contributed by atoms with Gasteiger partial charge in [0.2, 0.25) is 11.7 Å². The predicted molar refractivity (Wildman–Crippen MR) is 68.7 cm³/mol. The summed E-state index contributed by atoms with van der Waals surface area (Å²) >= 11 is 0. The first-order chi connectivity index (χ1) is 9.15. The van der Waals surface area contributed by atoms with Crippen LogP contribution >= 0.6 is 0 Å². The molecule has 1 heterocycles. The lowest BCUT2D eigenvalue weighted by Gasteiger charge is -1.97. The first kappa shape index (κ1) is 13.3. The zero-order valence-corrected chi connectivity index (χ0v) is 11.1. The van der Waals surface area contributed by atoms with E-state index in [-0.39, 0.29) is 12.4 Å². The molecule has 0 aliphatic heterocycles. The normalized spacial score (nSPS) is 10.5. The van der Waals surface area contributed by atoms with Crippen molar-refractivity contribution in [2.45, 2.75) is 13.5 Å². The third-order valence-electron chi connectivity index (χ3n) is 2.65. The highest BCUT2D eigenvalue weighted by molar-refractivity contribution is 5.87. The summed E-state index contributed by atoms with van der Waals surface area (Å²) in [4.78, 5) is 15.9. The fourth-order valence-corrected chi connectivity index (χ4v) is 1.66. The summed E-state index contributed by atoms with van der Waals surface area (Å²) in [6.45, 7) is 2.19. The van der Waals surface area contributed by atoms with E-state index in [1.165, 1.54) is 14.2 Å². The number of hydrogen-bond acceptors (Lipinski definition) is 5. The van der Waals surface area contributed by atoms with E-state index in [2.05, 4.69) is 9.72 Å². The second-order valence-corrected chi connectivity index (χ2v) is 4.09. The quantitative estimate of drug-likeness (QED) is 0.791. The molecule has 100 valence electrons. The van der Waals surface area contributed by atoms with E-state index in [0.717, 1.165) is 11.1 Å². The molecular weight excluding hydrogens is 246 g/mol. The van der Waals surface area contributed by atoms with Gasteiger partial charge in [-0.2, -0.15) is 0 Å². The number of aryl methyl sites for hydroxylation is 1. The molecule has 0 amide bonds. The number of carbonyl (C=O) groups excluding carboxylic acids is 1. The van der Waals surface area contributed by atoms with Gasteiger partial charge in [-0.15, -0.1) is 0 Å². The van der Waals surface area contributed by atoms with Gasteiger partial charge < -0.3 is 13.9 Å². The average Bonchev–Trinajstić information content (AvgIpc) is 2.83. The Bertz CT molecular complexity index is 572. The van der Waals surface area contributed by atoms with Crippen LogP contribution in [0.1, 0.15) is 21.8 Å². The highest BCUT2D eigenvalue weighted by atomic mass is 16.5. The number of oxazole rings is 1. The summed E-state index contributed by atoms with van der Waals surface area (Å²) < 4.78 is 15.1. The molecule has 0 fully saturated rings. The highest BCUT2D eigenvalue weighted by Crippen LogP contribution is 2.23. The lowest BCUT2D eigenvalue weighted by molar-refractivity contribution is 0.0559. The van der Waals surface area contributed by atoms with Crippen LogP contribution in [0.5, 0.6) is 0 Å². The Morgan fingerprint density at radius 3 is 2.53 bits per heavy atom. The van der Waals surface area contributed by atoms with Gasteiger partial charge in [0.15, 0.2) is 0 Å². The van der Waals surface area contributed by atoms with Crippen LogP contribution < -0.4 is 0 Å². The zero-order chi connectivity index (χ0) is 13.8. The molecule has 5 heteroatoms. The second-order valence-electron chi connectivity index (χ2n) is 4.09. The highest BCUT2D eigenvalue weighted by Gasteiger charge is 2.21. The number of ether oxygens (including phenoxy) is 2. The molecule has 1 aromatic heterocycles. The van der Waals surface area contributed by atoms with Crippen LogP contribution in [-0.2, 0) is 16.1 Å². The van der Waals surface area contributed by atoms with E-state index in [1.54, 1.807) is 0 Å². The third kappa shape index (κ3) is 2.82. The fourth-order valence-electron chi connectivity index (χ4n) is 1.66. The predicted octanol–water partition coefficient (Wildman–Crippen LogP) is 2.58. The average molecular weight is 261 g/mol. The summed E-state index contributed by atoms with van der Waals surface area (Å²) in [5, 5.41) is 0. The van der Waals surface area contributed by atoms with Gasteiger partial charge in [0.25, 0.3) is 0 Å². The van der Waals surface area contributed by atoms with Crippen LogP contribution in [0.25, 0.3) is 11.5 Å². The maximum absolute atomic E-state index is 11.6. The first-order valence-corrected chi connectivity index (χ1v) is 5.79. The van der Waals surface area contributed by atoms with Crippen molar-refractivity contribution in [1.29, 1.82) is 0 Å². The van der Waals surface area contributed by atoms with Gasteiger partial charge in [0.1, 0.15) is 5.69 Å². The van der Waals surface area contributed by atoms with E-state index < -0.39 is 5.97 Å². The molecule has 0 saturated carbocycles. The molecule has 1 aromatic carbocycles. The number of carbonyl (C=O) groups is 1. The van der Waals surface area contributed by atoms with Crippen molar-refractivity contribution in [3.05, 3.63) is 41.3 Å². The zero-order valence-electron chi connectivity index (χ0n) is 11.1. The number of esters is 1. The van der Waals surface area contributed by atoms with Crippen LogP contribution in [0.2, 0.25) is 0 Å². The molecule has 0 unspecified atom stereocenters. The van der Waals surface area contributed by atoms with Gasteiger partial charge in [0, 0.05) is 12.7 Å². The lowest BCUT2D eigenvalue weighted by Crippen LogP contribution is -2.04. The van der Waals surface area contributed by atoms with Gasteiger partial charge in [-0.05, 0) is 19.1 Å². The number of hydrogen-bond donors (Lipinski definition) is 0. The van der Waals surface area contributed by atoms with Crippen LogP contribution in [0, 0.1) is 6.92 Å². The molecule has 0 N–H and O–H groups in total. The second kappa shape index (κ2) is 5.67. The van der Waals surface area contributed by atoms with Crippen molar-refractivity contribution in [3.63, 3.8) is 0 Å². The Hall–Kier alpha value is -2.14. The lowest BCUT2D eigenvalue weighted by atomic mass is 10.1. The molecule has 19 heavy (non-hydrogen) atoms. The minimum atomic E-state index is -0.557. The van der Waals surface area contributed by atoms with Crippen LogP contribution in [0.15, 0.2) is 28.7 Å². The van der Waals surface area contributed by atoms with E-state index in [1.807, 2.05) is 31.2 Å². The van der Waals surface area contributed by atoms with Gasteiger partial charge >= 0.3 is 5.97 Å². The topological polar surface area (TPSA) is 61.6 Å². The first-order valence-electron chi connectivity index (χ1n) is 5.79. The summed E-state index contributed by atoms with van der Waals surface area (Å²) in [6, 6.07) is 7.68. The van der Waals surface area contributed by atoms with Crippen LogP contribution in [0.4, 0.5) is 0 Å². The monoisotopic (exact) mass is 261 g/mol. The molecular formula is C14H15NO4. The Labute approximate surface area is 111 Å². The van der Waals surface area contributed by atoms with Crippen molar-refractivity contribution in [2.24, 2.45) is 0 Å². The number of methoxy groups -OCH3 is 2. The Morgan fingerprint density at radius 1 is 1.26 bits per heavy atom. The van der Waals surface area contributed by atoms with Crippen molar-refractivity contribution < 1.29 is 18.7 Å². The molecule has 0 bridgehead atoms. The molecule has 2 rings (SSSR count). The summed E-state index contributed by atoms with van der Waals surface area (Å²) in [6.07, 6.45) is 0. The van der Waals surface area contributed by atoms with Gasteiger partial charge in [0.05, 0.1) is 13.7 Å². The van der Waals surface area contributed by atoms with E-state index in [9.17, 15) is 4.79 Å². The van der Waals surface area contributed by atoms with Crippen molar-refractivity contribution >= 4 is 5.97 Å². The summed E-state index contributed by atoms with van der Waals surface area (Å²) in [7, 11) is 2.83. The Morgan fingerprint density at radius 2 is 1.95 bits per heavy atom. The number of nitrogens with zero attached hydrogens (tertiary/aromatic N) is 1.